The van der Waals surface area contributed by atoms with E-state index in [0.717, 1.165) is 12.8 Å². The molecule has 0 atom stereocenters. The van der Waals surface area contributed by atoms with Gasteiger partial charge in [-0.05, 0) is 6.42 Å². The number of rotatable bonds is 8. The van der Waals surface area contributed by atoms with Crippen molar-refractivity contribution in [2.45, 2.75) is 39.0 Å². The molecule has 16 heavy (non-hydrogen) atoms. The molecule has 0 fully saturated rings. The maximum Gasteiger partial charge on any atom is 0.309 e. The summed E-state index contributed by atoms with van der Waals surface area (Å²) < 4.78 is 0. The summed E-state index contributed by atoms with van der Waals surface area (Å²) in [5.74, 6) is -1.15. The molecular formula is C12H22N2O2. The van der Waals surface area contributed by atoms with Crippen molar-refractivity contribution < 1.29 is 9.59 Å². The van der Waals surface area contributed by atoms with Gasteiger partial charge in [0.15, 0.2) is 0 Å². The van der Waals surface area contributed by atoms with E-state index in [1.165, 1.54) is 25.3 Å². The van der Waals surface area contributed by atoms with Crippen molar-refractivity contribution >= 4 is 11.8 Å². The Morgan fingerprint density at radius 2 is 1.69 bits per heavy atom. The minimum atomic E-state index is -0.589. The molecule has 2 amide bonds. The highest BCUT2D eigenvalue weighted by molar-refractivity contribution is 6.35. The van der Waals surface area contributed by atoms with Crippen molar-refractivity contribution in [3.05, 3.63) is 12.7 Å². The molecule has 0 aliphatic carbocycles. The summed E-state index contributed by atoms with van der Waals surface area (Å²) in [5, 5.41) is 5.01. The summed E-state index contributed by atoms with van der Waals surface area (Å²) in [6.07, 6.45) is 7.19. The van der Waals surface area contributed by atoms with Crippen LogP contribution in [0.4, 0.5) is 0 Å². The molecule has 0 aromatic rings. The predicted octanol–water partition coefficient (Wildman–Crippen LogP) is 1.38. The van der Waals surface area contributed by atoms with E-state index >= 15 is 0 Å². The second-order valence-corrected chi connectivity index (χ2v) is 3.67. The minimum absolute atomic E-state index is 0.322. The van der Waals surface area contributed by atoms with Gasteiger partial charge >= 0.3 is 11.8 Å². The Balaban J connectivity index is 3.42. The van der Waals surface area contributed by atoms with Gasteiger partial charge in [-0.1, -0.05) is 38.7 Å². The molecule has 4 nitrogen and oxygen atoms in total. The molecular weight excluding hydrogens is 204 g/mol. The van der Waals surface area contributed by atoms with E-state index in [9.17, 15) is 9.59 Å². The summed E-state index contributed by atoms with van der Waals surface area (Å²) in [4.78, 5) is 22.3. The number of nitrogens with one attached hydrogen (secondary N) is 2. The third kappa shape index (κ3) is 8.03. The molecule has 0 aliphatic rings. The van der Waals surface area contributed by atoms with Gasteiger partial charge in [-0.3, -0.25) is 9.59 Å². The lowest BCUT2D eigenvalue weighted by molar-refractivity contribution is -0.139. The van der Waals surface area contributed by atoms with Gasteiger partial charge in [0.05, 0.1) is 0 Å². The largest absolute Gasteiger partial charge is 0.348 e. The molecule has 0 aromatic heterocycles. The van der Waals surface area contributed by atoms with E-state index in [4.69, 9.17) is 0 Å². The molecule has 2 N–H and O–H groups in total. The van der Waals surface area contributed by atoms with Crippen molar-refractivity contribution in [1.82, 2.24) is 10.6 Å². The normalized spacial score (nSPS) is 9.56. The van der Waals surface area contributed by atoms with Gasteiger partial charge in [-0.25, -0.2) is 0 Å². The minimum Gasteiger partial charge on any atom is -0.348 e. The third-order valence-electron chi connectivity index (χ3n) is 2.18. The lowest BCUT2D eigenvalue weighted by Gasteiger charge is -2.04. The maximum atomic E-state index is 11.2. The van der Waals surface area contributed by atoms with E-state index in [2.05, 4.69) is 24.1 Å². The topological polar surface area (TPSA) is 58.2 Å². The average molecular weight is 226 g/mol. The molecule has 0 saturated heterocycles. The Kier molecular flexibility index (Phi) is 9.36. The lowest BCUT2D eigenvalue weighted by atomic mass is 10.1. The van der Waals surface area contributed by atoms with Crippen LogP contribution in [-0.2, 0) is 9.59 Å². The van der Waals surface area contributed by atoms with Crippen LogP contribution in [0.5, 0.6) is 0 Å². The van der Waals surface area contributed by atoms with E-state index in [1.54, 1.807) is 0 Å². The fraction of sp³-hybridized carbons (Fsp3) is 0.667. The second kappa shape index (κ2) is 10.2. The Morgan fingerprint density at radius 1 is 1.06 bits per heavy atom. The first-order valence-electron chi connectivity index (χ1n) is 5.89. The van der Waals surface area contributed by atoms with Gasteiger partial charge in [0.1, 0.15) is 0 Å². The first-order chi connectivity index (χ1) is 7.72. The van der Waals surface area contributed by atoms with Crippen molar-refractivity contribution in [2.75, 3.05) is 13.1 Å². The number of carbonyl (C=O) groups is 2. The smallest absolute Gasteiger partial charge is 0.309 e. The van der Waals surface area contributed by atoms with Crippen molar-refractivity contribution in [1.29, 1.82) is 0 Å². The van der Waals surface area contributed by atoms with Crippen LogP contribution in [0.1, 0.15) is 39.0 Å². The van der Waals surface area contributed by atoms with Crippen molar-refractivity contribution in [3.63, 3.8) is 0 Å². The molecule has 92 valence electrons. The molecule has 4 heteroatoms. The highest BCUT2D eigenvalue weighted by Gasteiger charge is 2.10. The van der Waals surface area contributed by atoms with Crippen LogP contribution < -0.4 is 10.6 Å². The highest BCUT2D eigenvalue weighted by Crippen LogP contribution is 2.00. The van der Waals surface area contributed by atoms with Crippen molar-refractivity contribution in [2.24, 2.45) is 0 Å². The van der Waals surface area contributed by atoms with E-state index in [0.29, 0.717) is 13.1 Å². The zero-order valence-electron chi connectivity index (χ0n) is 10.1. The molecule has 0 aromatic carbocycles. The van der Waals surface area contributed by atoms with Crippen LogP contribution in [-0.4, -0.2) is 24.9 Å². The van der Waals surface area contributed by atoms with Gasteiger partial charge in [0, 0.05) is 13.1 Å². The maximum absolute atomic E-state index is 11.2. The summed E-state index contributed by atoms with van der Waals surface area (Å²) in [6, 6.07) is 0. The monoisotopic (exact) mass is 226 g/mol. The van der Waals surface area contributed by atoms with Crippen LogP contribution in [0.15, 0.2) is 12.7 Å². The predicted molar refractivity (Wildman–Crippen MR) is 65.0 cm³/mol. The van der Waals surface area contributed by atoms with Gasteiger partial charge in [-0.15, -0.1) is 6.58 Å². The average Bonchev–Trinajstić information content (AvgIpc) is 2.30. The first-order valence-corrected chi connectivity index (χ1v) is 5.89. The second-order valence-electron chi connectivity index (χ2n) is 3.67. The lowest BCUT2D eigenvalue weighted by Crippen LogP contribution is -2.40. The molecule has 0 radical (unpaired) electrons. The Morgan fingerprint density at radius 3 is 2.31 bits per heavy atom. The van der Waals surface area contributed by atoms with Crippen LogP contribution in [0.25, 0.3) is 0 Å². The number of hydrogen-bond acceptors (Lipinski definition) is 2. The number of amides is 2. The van der Waals surface area contributed by atoms with Crippen LogP contribution >= 0.6 is 0 Å². The summed E-state index contributed by atoms with van der Waals surface area (Å²) in [7, 11) is 0. The standard InChI is InChI=1S/C12H22N2O2/c1-3-5-6-7-8-10-14-12(16)11(15)13-9-4-2/h4H,2-3,5-10H2,1H3,(H,13,15)(H,14,16). The van der Waals surface area contributed by atoms with Gasteiger partial charge in [0.25, 0.3) is 0 Å². The molecule has 0 spiro atoms. The molecule has 0 rings (SSSR count). The Bertz CT molecular complexity index is 227. The fourth-order valence-corrected chi connectivity index (χ4v) is 1.26. The van der Waals surface area contributed by atoms with Gasteiger partial charge in [0.2, 0.25) is 0 Å². The van der Waals surface area contributed by atoms with E-state index in [1.807, 2.05) is 0 Å². The number of unbranched alkanes of at least 4 members (excludes halogenated alkanes) is 4. The zero-order valence-corrected chi connectivity index (χ0v) is 10.1. The summed E-state index contributed by atoms with van der Waals surface area (Å²) in [5.41, 5.74) is 0. The molecule has 0 aliphatic heterocycles. The van der Waals surface area contributed by atoms with Crippen LogP contribution in [0, 0.1) is 0 Å². The van der Waals surface area contributed by atoms with E-state index in [-0.39, 0.29) is 0 Å². The SMILES string of the molecule is C=CCNC(=O)C(=O)NCCCCCCC. The molecule has 0 unspecified atom stereocenters. The Hall–Kier alpha value is -1.32. The number of hydrogen-bond donors (Lipinski definition) is 2. The highest BCUT2D eigenvalue weighted by atomic mass is 16.2. The van der Waals surface area contributed by atoms with Crippen LogP contribution in [0.2, 0.25) is 0 Å². The van der Waals surface area contributed by atoms with Crippen LogP contribution in [0.3, 0.4) is 0 Å². The zero-order chi connectivity index (χ0) is 12.2. The Labute approximate surface area is 97.5 Å². The first kappa shape index (κ1) is 14.7. The molecule has 0 heterocycles. The van der Waals surface area contributed by atoms with E-state index < -0.39 is 11.8 Å². The number of carbonyl (C=O) groups excluding carboxylic acids is 2. The van der Waals surface area contributed by atoms with Gasteiger partial charge in [-0.2, -0.15) is 0 Å². The fourth-order valence-electron chi connectivity index (χ4n) is 1.26. The molecule has 0 bridgehead atoms. The van der Waals surface area contributed by atoms with Gasteiger partial charge < -0.3 is 10.6 Å². The quantitative estimate of drug-likeness (QED) is 0.373. The summed E-state index contributed by atoms with van der Waals surface area (Å²) >= 11 is 0. The molecule has 0 saturated carbocycles. The third-order valence-corrected chi connectivity index (χ3v) is 2.18. The van der Waals surface area contributed by atoms with Crippen molar-refractivity contribution in [3.8, 4) is 0 Å². The summed E-state index contributed by atoms with van der Waals surface area (Å²) in [6.45, 7) is 6.50.